The SMILES string of the molecule is CC1(C)c2ccc(-c3ccc(-c4ccc(/C(N)=C/C(=NCc5ccccc5)c5cccc6ccccc56)c5ccccc45)cc3)cc2-c2c1ccc1ccccc21. The first-order chi connectivity index (χ1) is 27.9. The van der Waals surface area contributed by atoms with Crippen molar-refractivity contribution in [3.05, 3.63) is 222 Å². The Hall–Kier alpha value is -7.03. The fourth-order valence-corrected chi connectivity index (χ4v) is 8.99. The Bertz CT molecular complexity index is 3050. The van der Waals surface area contributed by atoms with Crippen LogP contribution in [0.4, 0.5) is 0 Å². The van der Waals surface area contributed by atoms with Gasteiger partial charge in [-0.3, -0.25) is 4.99 Å². The molecule has 9 aromatic carbocycles. The van der Waals surface area contributed by atoms with Crippen LogP contribution in [0, 0.1) is 0 Å². The van der Waals surface area contributed by atoms with Crippen LogP contribution in [0.3, 0.4) is 0 Å². The zero-order valence-electron chi connectivity index (χ0n) is 32.2. The number of rotatable bonds is 7. The van der Waals surface area contributed by atoms with Crippen LogP contribution in [-0.4, -0.2) is 5.71 Å². The van der Waals surface area contributed by atoms with E-state index >= 15 is 0 Å². The van der Waals surface area contributed by atoms with E-state index in [9.17, 15) is 0 Å². The number of hydrogen-bond acceptors (Lipinski definition) is 2. The van der Waals surface area contributed by atoms with E-state index in [4.69, 9.17) is 10.7 Å². The van der Waals surface area contributed by atoms with Crippen molar-refractivity contribution in [1.29, 1.82) is 0 Å². The molecule has 272 valence electrons. The van der Waals surface area contributed by atoms with Gasteiger partial charge in [0, 0.05) is 22.2 Å². The molecule has 0 atom stereocenters. The Morgan fingerprint density at radius 1 is 0.491 bits per heavy atom. The predicted octanol–water partition coefficient (Wildman–Crippen LogP) is 13.8. The highest BCUT2D eigenvalue weighted by atomic mass is 14.7. The molecule has 0 bridgehead atoms. The Morgan fingerprint density at radius 3 is 1.89 bits per heavy atom. The number of aliphatic imine (C=N–C) groups is 1. The fraction of sp³-hybridized carbons (Fsp3) is 0.0727. The van der Waals surface area contributed by atoms with Gasteiger partial charge in [0.1, 0.15) is 0 Å². The van der Waals surface area contributed by atoms with E-state index in [0.29, 0.717) is 12.2 Å². The third-order valence-electron chi connectivity index (χ3n) is 12.0. The quantitative estimate of drug-likeness (QED) is 0.163. The van der Waals surface area contributed by atoms with Crippen LogP contribution in [0.15, 0.2) is 199 Å². The summed E-state index contributed by atoms with van der Waals surface area (Å²) in [6.07, 6.45) is 2.06. The lowest BCUT2D eigenvalue weighted by molar-refractivity contribution is 0.661. The molecule has 2 N–H and O–H groups in total. The lowest BCUT2D eigenvalue weighted by Gasteiger charge is -2.21. The van der Waals surface area contributed by atoms with Gasteiger partial charge in [0.2, 0.25) is 0 Å². The highest BCUT2D eigenvalue weighted by Gasteiger charge is 2.36. The van der Waals surface area contributed by atoms with Crippen molar-refractivity contribution in [3.8, 4) is 33.4 Å². The van der Waals surface area contributed by atoms with Gasteiger partial charge in [-0.2, -0.15) is 0 Å². The summed E-state index contributed by atoms with van der Waals surface area (Å²) in [5, 5.41) is 7.21. The molecule has 1 aliphatic rings. The average Bonchev–Trinajstić information content (AvgIpc) is 3.50. The topological polar surface area (TPSA) is 38.4 Å². The summed E-state index contributed by atoms with van der Waals surface area (Å²) in [6, 6.07) is 67.6. The highest BCUT2D eigenvalue weighted by Crippen LogP contribution is 2.52. The molecule has 57 heavy (non-hydrogen) atoms. The first kappa shape index (κ1) is 34.5. The van der Waals surface area contributed by atoms with Crippen LogP contribution in [0.1, 0.15) is 41.7 Å². The van der Waals surface area contributed by atoms with Crippen LogP contribution in [0.5, 0.6) is 0 Å². The Labute approximate surface area is 334 Å². The van der Waals surface area contributed by atoms with Gasteiger partial charge in [0.15, 0.2) is 0 Å². The third kappa shape index (κ3) is 6.02. The molecule has 0 heterocycles. The zero-order valence-corrected chi connectivity index (χ0v) is 32.2. The maximum atomic E-state index is 7.08. The molecule has 0 unspecified atom stereocenters. The van der Waals surface area contributed by atoms with Crippen LogP contribution in [0.25, 0.3) is 71.4 Å². The van der Waals surface area contributed by atoms with Crippen LogP contribution in [-0.2, 0) is 12.0 Å². The minimum atomic E-state index is -0.0463. The second-order valence-corrected chi connectivity index (χ2v) is 15.7. The normalized spacial score (nSPS) is 13.6. The van der Waals surface area contributed by atoms with Crippen molar-refractivity contribution in [3.63, 3.8) is 0 Å². The first-order valence-corrected chi connectivity index (χ1v) is 19.8. The molecule has 0 radical (unpaired) electrons. The third-order valence-corrected chi connectivity index (χ3v) is 12.0. The van der Waals surface area contributed by atoms with Crippen molar-refractivity contribution >= 4 is 43.7 Å². The number of nitrogens with two attached hydrogens (primary N) is 1. The van der Waals surface area contributed by atoms with E-state index in [2.05, 4.69) is 202 Å². The number of fused-ring (bicyclic) bond motifs is 7. The fourth-order valence-electron chi connectivity index (χ4n) is 8.99. The standard InChI is InChI=1S/C55H42N2/c1-55(2)50-31-28-41(33-49(50)54-44-19-9-7-16-39(44)27-32-51(54)55)37-23-25-40(26-24-37)43-29-30-47(46-21-11-10-20-45(43)46)52(56)34-53(57-35-36-13-4-3-5-14-36)48-22-12-17-38-15-6-8-18-42(38)48/h3-34H,35,56H2,1-2H3/b52-34-,57-53?. The predicted molar refractivity (Wildman–Crippen MR) is 243 cm³/mol. The second kappa shape index (κ2) is 13.9. The molecule has 0 saturated heterocycles. The highest BCUT2D eigenvalue weighted by molar-refractivity contribution is 6.19. The number of nitrogens with zero attached hydrogens (tertiary/aromatic N) is 1. The molecule has 1 aliphatic carbocycles. The summed E-state index contributed by atoms with van der Waals surface area (Å²) in [6.45, 7) is 5.26. The Morgan fingerprint density at radius 2 is 1.11 bits per heavy atom. The summed E-state index contributed by atoms with van der Waals surface area (Å²) >= 11 is 0. The molecule has 10 rings (SSSR count). The molecular formula is C55H42N2. The Kier molecular flexibility index (Phi) is 8.42. The van der Waals surface area contributed by atoms with Gasteiger partial charge in [-0.05, 0) is 94.5 Å². The van der Waals surface area contributed by atoms with E-state index < -0.39 is 0 Å². The Balaban J connectivity index is 1.01. The summed E-state index contributed by atoms with van der Waals surface area (Å²) in [5.74, 6) is 0. The van der Waals surface area contributed by atoms with E-state index in [-0.39, 0.29) is 5.41 Å². The lowest BCUT2D eigenvalue weighted by Crippen LogP contribution is -2.14. The van der Waals surface area contributed by atoms with Gasteiger partial charge >= 0.3 is 0 Å². The van der Waals surface area contributed by atoms with Gasteiger partial charge in [-0.15, -0.1) is 0 Å². The molecule has 0 fully saturated rings. The van der Waals surface area contributed by atoms with Gasteiger partial charge in [-0.25, -0.2) is 0 Å². The van der Waals surface area contributed by atoms with Crippen LogP contribution >= 0.6 is 0 Å². The maximum absolute atomic E-state index is 7.08. The van der Waals surface area contributed by atoms with Crippen molar-refractivity contribution in [2.24, 2.45) is 10.7 Å². The monoisotopic (exact) mass is 730 g/mol. The van der Waals surface area contributed by atoms with E-state index in [0.717, 1.165) is 38.6 Å². The van der Waals surface area contributed by atoms with Gasteiger partial charge < -0.3 is 5.73 Å². The van der Waals surface area contributed by atoms with E-state index in [1.165, 1.54) is 60.7 Å². The van der Waals surface area contributed by atoms with Crippen LogP contribution < -0.4 is 5.73 Å². The molecule has 0 saturated carbocycles. The molecule has 2 nitrogen and oxygen atoms in total. The molecule has 2 heteroatoms. The van der Waals surface area contributed by atoms with Gasteiger partial charge in [0.05, 0.1) is 12.3 Å². The molecule has 0 aromatic heterocycles. The number of hydrogen-bond donors (Lipinski definition) is 1. The molecule has 0 spiro atoms. The molecule has 0 aliphatic heterocycles. The molecular weight excluding hydrogens is 689 g/mol. The smallest absolute Gasteiger partial charge is 0.0677 e. The van der Waals surface area contributed by atoms with Crippen molar-refractivity contribution in [2.75, 3.05) is 0 Å². The molecule has 0 amide bonds. The minimum absolute atomic E-state index is 0.0463. The summed E-state index contributed by atoms with van der Waals surface area (Å²) < 4.78 is 0. The summed E-state index contributed by atoms with van der Waals surface area (Å²) in [5.41, 5.74) is 22.1. The van der Waals surface area contributed by atoms with Crippen molar-refractivity contribution in [1.82, 2.24) is 0 Å². The largest absolute Gasteiger partial charge is 0.398 e. The van der Waals surface area contributed by atoms with Crippen molar-refractivity contribution < 1.29 is 0 Å². The lowest BCUT2D eigenvalue weighted by atomic mass is 9.82. The molecule has 9 aromatic rings. The summed E-state index contributed by atoms with van der Waals surface area (Å²) in [7, 11) is 0. The summed E-state index contributed by atoms with van der Waals surface area (Å²) in [4.78, 5) is 5.17. The first-order valence-electron chi connectivity index (χ1n) is 19.8. The maximum Gasteiger partial charge on any atom is 0.0677 e. The minimum Gasteiger partial charge on any atom is -0.398 e. The van der Waals surface area contributed by atoms with Gasteiger partial charge in [0.25, 0.3) is 0 Å². The number of benzene rings is 9. The van der Waals surface area contributed by atoms with E-state index in [1.54, 1.807) is 0 Å². The van der Waals surface area contributed by atoms with Crippen molar-refractivity contribution in [2.45, 2.75) is 25.8 Å². The second-order valence-electron chi connectivity index (χ2n) is 15.7. The van der Waals surface area contributed by atoms with E-state index in [1.807, 2.05) is 6.07 Å². The van der Waals surface area contributed by atoms with Crippen LogP contribution in [0.2, 0.25) is 0 Å². The average molecular weight is 731 g/mol. The van der Waals surface area contributed by atoms with Gasteiger partial charge in [-0.1, -0.05) is 196 Å². The number of allylic oxidation sites excluding steroid dienone is 1. The zero-order chi connectivity index (χ0) is 38.5.